The van der Waals surface area contributed by atoms with E-state index in [4.69, 9.17) is 64.8 Å². The molecule has 5 N–H and O–H groups in total. The van der Waals surface area contributed by atoms with Gasteiger partial charge in [0.15, 0.2) is 0 Å². The molecule has 4 aromatic heterocycles. The number of hydrogen-bond acceptors (Lipinski definition) is 12. The number of fused-ring (bicyclic) bond motifs is 2. The average Bonchev–Trinajstić information content (AvgIpc) is 1.05. The summed E-state index contributed by atoms with van der Waals surface area (Å²) in [5.41, 5.74) is 19.5. The number of alkyl halides is 3. The predicted octanol–water partition coefficient (Wildman–Crippen LogP) is 15.9. The zero-order valence-corrected chi connectivity index (χ0v) is 55.5. The van der Waals surface area contributed by atoms with E-state index in [1.165, 1.54) is 10.9 Å². The van der Waals surface area contributed by atoms with Crippen molar-refractivity contribution in [1.82, 2.24) is 39.3 Å². The molecule has 0 atom stereocenters. The molecular weight excluding hydrogens is 1220 g/mol. The number of amides is 3. The average molecular weight is 1300 g/mol. The fourth-order valence-electron chi connectivity index (χ4n) is 10.6. The first-order valence-electron chi connectivity index (χ1n) is 30.7. The molecule has 0 aliphatic carbocycles. The number of aromatic nitrogens is 6. The van der Waals surface area contributed by atoms with Gasteiger partial charge in [-0.25, -0.2) is 19.0 Å². The highest BCUT2D eigenvalue weighted by atomic mass is 35.6. The summed E-state index contributed by atoms with van der Waals surface area (Å²) in [4.78, 5) is 39.6. The summed E-state index contributed by atoms with van der Waals surface area (Å²) in [6.07, 6.45) is 3.18. The molecule has 2 fully saturated rings. The third-order valence-electron chi connectivity index (χ3n) is 15.7. The number of anilines is 4. The molecule has 20 heteroatoms. The molecule has 2 saturated heterocycles. The van der Waals surface area contributed by atoms with Gasteiger partial charge < -0.3 is 25.3 Å². The Morgan fingerprint density at radius 3 is 1.41 bits per heavy atom. The smallest absolute Gasteiger partial charge is 0.412 e. The Kier molecular flexibility index (Phi) is 21.3. The molecule has 6 heterocycles. The Labute approximate surface area is 553 Å². The molecule has 0 bridgehead atoms. The normalized spacial score (nSPS) is 14.0. The molecule has 92 heavy (non-hydrogen) atoms. The van der Waals surface area contributed by atoms with Crippen LogP contribution in [0.2, 0.25) is 0 Å². The van der Waals surface area contributed by atoms with E-state index in [1.807, 2.05) is 150 Å². The largest absolute Gasteiger partial charge is 0.445 e. The summed E-state index contributed by atoms with van der Waals surface area (Å²) in [5, 5.41) is 22.5. The number of ether oxygens (including phenoxy) is 3. The molecule has 6 aromatic carbocycles. The summed E-state index contributed by atoms with van der Waals surface area (Å²) in [6.45, 7) is 24.9. The molecule has 2 aliphatic rings. The predicted molar refractivity (Wildman–Crippen MR) is 373 cm³/mol. The molecule has 0 unspecified atom stereocenters. The number of nitrogens with two attached hydrogens (primary N) is 1. The van der Waals surface area contributed by atoms with Crippen LogP contribution in [0.15, 0.2) is 170 Å². The zero-order valence-electron chi connectivity index (χ0n) is 53.3. The van der Waals surface area contributed by atoms with E-state index in [2.05, 4.69) is 105 Å². The Morgan fingerprint density at radius 2 is 0.967 bits per heavy atom. The van der Waals surface area contributed by atoms with Gasteiger partial charge in [0.25, 0.3) is 0 Å². The first-order valence-corrected chi connectivity index (χ1v) is 31.9. The van der Waals surface area contributed by atoms with Crippen LogP contribution in [-0.4, -0.2) is 114 Å². The van der Waals surface area contributed by atoms with Gasteiger partial charge in [-0.2, -0.15) is 10.2 Å². The molecule has 10 aromatic rings. The van der Waals surface area contributed by atoms with Gasteiger partial charge in [0.05, 0.1) is 66.3 Å². The van der Waals surface area contributed by atoms with Crippen LogP contribution in [0.4, 0.5) is 32.6 Å². The van der Waals surface area contributed by atoms with E-state index in [9.17, 15) is 9.59 Å². The first-order chi connectivity index (χ1) is 44.0. The highest BCUT2D eigenvalue weighted by Gasteiger charge is 2.26. The van der Waals surface area contributed by atoms with E-state index in [-0.39, 0.29) is 23.5 Å². The third kappa shape index (κ3) is 17.6. The van der Waals surface area contributed by atoms with E-state index in [1.54, 1.807) is 15.4 Å². The van der Waals surface area contributed by atoms with Crippen LogP contribution in [0, 0.1) is 13.8 Å². The van der Waals surface area contributed by atoms with Crippen molar-refractivity contribution in [2.45, 2.75) is 83.1 Å². The van der Waals surface area contributed by atoms with Crippen LogP contribution in [0.5, 0.6) is 0 Å². The summed E-state index contributed by atoms with van der Waals surface area (Å²) in [6, 6.07) is 52.2. The lowest BCUT2D eigenvalue weighted by Gasteiger charge is -2.26. The monoisotopic (exact) mass is 1300 g/mol. The summed E-state index contributed by atoms with van der Waals surface area (Å²) < 4.78 is 17.6. The number of rotatable bonds is 12. The highest BCUT2D eigenvalue weighted by Crippen LogP contribution is 2.36. The van der Waals surface area contributed by atoms with Crippen molar-refractivity contribution in [1.29, 1.82) is 0 Å². The maximum atomic E-state index is 13.4. The zero-order chi connectivity index (χ0) is 65.2. The summed E-state index contributed by atoms with van der Waals surface area (Å²) in [7, 11) is 0. The molecule has 0 saturated carbocycles. The molecule has 12 rings (SSSR count). The number of aryl methyl sites for hydroxylation is 2. The minimum Gasteiger partial charge on any atom is -0.445 e. The van der Waals surface area contributed by atoms with Crippen molar-refractivity contribution in [3.8, 4) is 33.6 Å². The number of nitrogens with one attached hydrogen (secondary N) is 3. The van der Waals surface area contributed by atoms with Gasteiger partial charge in [-0.15, -0.1) is 0 Å². The summed E-state index contributed by atoms with van der Waals surface area (Å²) >= 11 is 16.8. The van der Waals surface area contributed by atoms with Gasteiger partial charge in [0, 0.05) is 102 Å². The van der Waals surface area contributed by atoms with Gasteiger partial charge >= 0.3 is 12.1 Å². The van der Waals surface area contributed by atoms with Crippen LogP contribution in [0.1, 0.15) is 75.4 Å². The highest BCUT2D eigenvalue weighted by molar-refractivity contribution is 6.67. The quantitative estimate of drug-likeness (QED) is 0.0669. The van der Waals surface area contributed by atoms with Crippen LogP contribution in [-0.2, 0) is 38.1 Å². The number of morpholine rings is 2. The number of carbonyl (C=O) groups excluding carboxylic acids is 2. The van der Waals surface area contributed by atoms with Crippen molar-refractivity contribution in [3.05, 3.63) is 204 Å². The van der Waals surface area contributed by atoms with Gasteiger partial charge in [-0.1, -0.05) is 185 Å². The SMILES string of the molecule is Cc1ccc(-n2nc(C(C)(C)C)cc2NC(=O)Nc2ccc(-c3ccc(CN4CCOCC4)nc3)c3ccccc23)cc1.Cc1ccc(-n2nc(C(C)(C)C)cc2NC(=O)OCC(Cl)(Cl)Cl)cc1.Nc1ccc(-c2ccc(CN3CCOCC3)nc2)c2ccccc12. The minimum absolute atomic E-state index is 0.176. The molecule has 478 valence electrons. The standard InChI is InChI=1S/C35H38N6O2.C20H21N3O.C17H20Cl3N3O2/c1-24-9-13-27(14-10-24)41-33(21-32(39-41)35(2,3)4)38-34(42)37-31-16-15-28(29-7-5-6-8-30(29)31)25-11-12-26(36-22-25)23-40-17-19-43-20-18-40;21-20-8-7-17(18-3-1-2-4-19(18)20)15-5-6-16(22-13-15)14-23-9-11-24-12-10-23;1-11-5-7-12(8-6-11)23-14(9-13(22-23)16(2,3)4)21-15(24)25-10-17(18,19)20/h5-16,21-22H,17-20,23H2,1-4H3,(H2,37,38,42);1-8,13H,9-12,14,21H2;5-9H,10H2,1-4H3,(H,21,24). The molecular formula is C72H79Cl3N12O5. The van der Waals surface area contributed by atoms with Gasteiger partial charge in [-0.05, 0) is 84.3 Å². The van der Waals surface area contributed by atoms with Crippen LogP contribution < -0.4 is 21.7 Å². The second-order valence-electron chi connectivity index (χ2n) is 25.0. The van der Waals surface area contributed by atoms with Crippen LogP contribution in [0.3, 0.4) is 0 Å². The summed E-state index contributed by atoms with van der Waals surface area (Å²) in [5.74, 6) is 1.08. The molecule has 17 nitrogen and oxygen atoms in total. The number of nitrogen functional groups attached to an aromatic ring is 1. The van der Waals surface area contributed by atoms with Gasteiger partial charge in [-0.3, -0.25) is 30.4 Å². The topological polar surface area (TPSA) is 192 Å². The fourth-order valence-corrected chi connectivity index (χ4v) is 10.7. The van der Waals surface area contributed by atoms with Gasteiger partial charge in [0.1, 0.15) is 18.2 Å². The lowest BCUT2D eigenvalue weighted by Crippen LogP contribution is -2.35. The number of benzene rings is 6. The van der Waals surface area contributed by atoms with Crippen molar-refractivity contribution in [3.63, 3.8) is 0 Å². The maximum absolute atomic E-state index is 13.4. The number of pyridine rings is 2. The minimum atomic E-state index is -1.66. The van der Waals surface area contributed by atoms with Crippen molar-refractivity contribution in [2.24, 2.45) is 0 Å². The van der Waals surface area contributed by atoms with Crippen LogP contribution in [0.25, 0.3) is 55.2 Å². The Balaban J connectivity index is 0.000000162. The third-order valence-corrected chi connectivity index (χ3v) is 16.1. The van der Waals surface area contributed by atoms with Crippen LogP contribution >= 0.6 is 34.8 Å². The van der Waals surface area contributed by atoms with E-state index >= 15 is 0 Å². The molecule has 2 aliphatic heterocycles. The van der Waals surface area contributed by atoms with E-state index < -0.39 is 9.89 Å². The second kappa shape index (κ2) is 29.5. The Bertz CT molecular complexity index is 4130. The Hall–Kier alpha value is -8.39. The van der Waals surface area contributed by atoms with E-state index in [0.29, 0.717) is 11.6 Å². The number of hydrogen-bond donors (Lipinski definition) is 4. The number of carbonyl (C=O) groups is 2. The molecule has 3 amide bonds. The first kappa shape index (κ1) is 66.5. The van der Waals surface area contributed by atoms with Crippen molar-refractivity contribution >= 4 is 91.5 Å². The Morgan fingerprint density at radius 1 is 0.533 bits per heavy atom. The second-order valence-corrected chi connectivity index (χ2v) is 27.5. The van der Waals surface area contributed by atoms with E-state index in [0.717, 1.165) is 155 Å². The van der Waals surface area contributed by atoms with Crippen molar-refractivity contribution in [2.75, 3.05) is 80.9 Å². The lowest BCUT2D eigenvalue weighted by atomic mass is 9.92. The fraction of sp³-hybridized carbons (Fsp3) is 0.306. The van der Waals surface area contributed by atoms with Gasteiger partial charge in [0.2, 0.25) is 3.79 Å². The molecule has 0 radical (unpaired) electrons. The maximum Gasteiger partial charge on any atom is 0.412 e. The molecule has 0 spiro atoms. The number of halogens is 3. The number of nitrogens with zero attached hydrogens (tertiary/aromatic N) is 8. The lowest BCUT2D eigenvalue weighted by molar-refractivity contribution is 0.0336. The van der Waals surface area contributed by atoms with Crippen molar-refractivity contribution < 1.29 is 23.8 Å². The number of urea groups is 1.